The molecular weight excluding hydrogens is 533 g/mol. The van der Waals surface area contributed by atoms with Crippen LogP contribution in [0, 0.1) is 11.3 Å². The van der Waals surface area contributed by atoms with Gasteiger partial charge in [-0.1, -0.05) is 0 Å². The SMILES string of the molecule is [2H]C([2H])(OP(=O)(O)OP(=O)(O)OP(=O)(O)O)[C@H]1O[C@@H](n2cnc(=O)[nH]c2=O)C(F)(C#CCl)[C@H]1O. The molecule has 6 atom stereocenters. The molecule has 2 heterocycles. The van der Waals surface area contributed by atoms with Crippen LogP contribution in [0.5, 0.6) is 0 Å². The fourth-order valence-corrected chi connectivity index (χ4v) is 5.21. The first-order valence-corrected chi connectivity index (χ1v) is 12.3. The average Bonchev–Trinajstić information content (AvgIpc) is 2.83. The van der Waals surface area contributed by atoms with Gasteiger partial charge in [-0.2, -0.15) is 13.6 Å². The highest BCUT2D eigenvalue weighted by atomic mass is 35.5. The Morgan fingerprint density at radius 1 is 1.31 bits per heavy atom. The first-order valence-electron chi connectivity index (χ1n) is 8.40. The minimum Gasteiger partial charge on any atom is -0.386 e. The van der Waals surface area contributed by atoms with E-state index >= 15 is 4.39 Å². The van der Waals surface area contributed by atoms with Crippen molar-refractivity contribution in [2.45, 2.75) is 24.1 Å². The van der Waals surface area contributed by atoms with Gasteiger partial charge in [-0.15, -0.1) is 0 Å². The van der Waals surface area contributed by atoms with Gasteiger partial charge in [0, 0.05) is 5.38 Å². The molecule has 1 aliphatic heterocycles. The largest absolute Gasteiger partial charge is 0.490 e. The molecule has 3 unspecified atom stereocenters. The molecule has 1 aromatic heterocycles. The van der Waals surface area contributed by atoms with E-state index in [0.717, 1.165) is 0 Å². The molecule has 0 spiro atoms. The van der Waals surface area contributed by atoms with Gasteiger partial charge in [0.05, 0.1) is 9.30 Å². The Morgan fingerprint density at radius 3 is 2.47 bits per heavy atom. The molecule has 2 rings (SSSR count). The first kappa shape index (κ1) is 23.9. The van der Waals surface area contributed by atoms with E-state index in [-0.39, 0.29) is 4.57 Å². The van der Waals surface area contributed by atoms with Gasteiger partial charge < -0.3 is 29.4 Å². The van der Waals surface area contributed by atoms with Crippen LogP contribution in [0.4, 0.5) is 4.39 Å². The maximum atomic E-state index is 15.5. The van der Waals surface area contributed by atoms with Crippen LogP contribution in [0.15, 0.2) is 15.9 Å². The van der Waals surface area contributed by atoms with Crippen molar-refractivity contribution in [3.63, 3.8) is 0 Å². The number of aromatic nitrogens is 3. The lowest BCUT2D eigenvalue weighted by molar-refractivity contribution is -0.0540. The van der Waals surface area contributed by atoms with E-state index in [4.69, 9.17) is 33.8 Å². The highest BCUT2D eigenvalue weighted by molar-refractivity contribution is 7.66. The second-order valence-electron chi connectivity index (χ2n) is 5.53. The minimum absolute atomic E-state index is 0.215. The third-order valence-electron chi connectivity index (χ3n) is 3.29. The number of H-pyrrole nitrogens is 1. The van der Waals surface area contributed by atoms with Crippen molar-refractivity contribution in [2.24, 2.45) is 0 Å². The lowest BCUT2D eigenvalue weighted by atomic mass is 9.97. The summed E-state index contributed by atoms with van der Waals surface area (Å²) in [5, 5.41) is 11.8. The van der Waals surface area contributed by atoms with Crippen molar-refractivity contribution in [2.75, 3.05) is 6.56 Å². The number of halogens is 2. The maximum Gasteiger partial charge on any atom is 0.490 e. The molecule has 0 aromatic carbocycles. The lowest BCUT2D eigenvalue weighted by Crippen LogP contribution is -2.45. The zero-order valence-corrected chi connectivity index (χ0v) is 18.2. The molecule has 0 radical (unpaired) electrons. The smallest absolute Gasteiger partial charge is 0.386 e. The fourth-order valence-electron chi connectivity index (χ4n) is 2.18. The number of nitrogens with one attached hydrogen (secondary N) is 1. The zero-order chi connectivity index (χ0) is 26.3. The van der Waals surface area contributed by atoms with Crippen molar-refractivity contribution < 1.29 is 63.4 Å². The topological polar surface area (TPSA) is 257 Å². The quantitative estimate of drug-likeness (QED) is 0.159. The van der Waals surface area contributed by atoms with E-state index in [1.54, 1.807) is 10.9 Å². The number of aliphatic hydroxyl groups is 1. The number of phosphoric acid groups is 3. The van der Waals surface area contributed by atoms with E-state index in [1.165, 1.54) is 5.38 Å². The maximum absolute atomic E-state index is 15.5. The van der Waals surface area contributed by atoms with Crippen molar-refractivity contribution in [1.82, 2.24) is 14.5 Å². The van der Waals surface area contributed by atoms with Crippen LogP contribution in [0.3, 0.4) is 0 Å². The number of ether oxygens (including phenoxy) is 1. The zero-order valence-electron chi connectivity index (χ0n) is 16.7. The van der Waals surface area contributed by atoms with Crippen LogP contribution in [0.1, 0.15) is 8.97 Å². The van der Waals surface area contributed by atoms with Crippen LogP contribution in [-0.4, -0.2) is 63.7 Å². The summed E-state index contributed by atoms with van der Waals surface area (Å²) in [6.07, 6.45) is -7.38. The lowest BCUT2D eigenvalue weighted by Gasteiger charge is -2.23. The van der Waals surface area contributed by atoms with Gasteiger partial charge in [0.1, 0.15) is 18.5 Å². The van der Waals surface area contributed by atoms with Crippen LogP contribution in [-0.2, 0) is 31.6 Å². The van der Waals surface area contributed by atoms with Gasteiger partial charge >= 0.3 is 34.8 Å². The molecule has 0 aliphatic carbocycles. The number of aliphatic hydroxyl groups excluding tert-OH is 1. The van der Waals surface area contributed by atoms with E-state index in [0.29, 0.717) is 6.33 Å². The summed E-state index contributed by atoms with van der Waals surface area (Å²) in [7, 11) is -17.9. The molecule has 1 aliphatic rings. The standard InChI is InChI=1S/C10H12ClFN3O14P3/c11-2-1-10(12)6(16)5(27-7(10)15-4-13-8(17)14-9(15)18)3-26-31(22,23)29-32(24,25)28-30(19,20)21/h4-7,16H,3H2,(H,22,23)(H,24,25)(H,14,17,18)(H2,19,20,21)/t5-,6+,7-,10?/m1/s1/i3D2. The van der Waals surface area contributed by atoms with E-state index in [2.05, 4.69) is 18.1 Å². The Labute approximate surface area is 183 Å². The van der Waals surface area contributed by atoms with Gasteiger partial charge in [-0.3, -0.25) is 14.1 Å². The molecular formula is C10H12ClFN3O14P3. The first-order chi connectivity index (χ1) is 15.2. The minimum atomic E-state index is -6.13. The number of aromatic amines is 1. The Hall–Kier alpha value is -1.28. The molecule has 0 amide bonds. The number of hydrogen-bond acceptors (Lipinski definition) is 11. The predicted molar refractivity (Wildman–Crippen MR) is 96.3 cm³/mol. The Bertz CT molecular complexity index is 1280. The third-order valence-corrected chi connectivity index (χ3v) is 7.05. The van der Waals surface area contributed by atoms with Crippen molar-refractivity contribution in [3.8, 4) is 11.3 Å². The molecule has 6 N–H and O–H groups in total. The van der Waals surface area contributed by atoms with Crippen LogP contribution in [0.2, 0.25) is 0 Å². The number of alkyl halides is 1. The van der Waals surface area contributed by atoms with Crippen molar-refractivity contribution in [3.05, 3.63) is 27.3 Å². The molecule has 17 nitrogen and oxygen atoms in total. The van der Waals surface area contributed by atoms with Crippen LogP contribution in [0.25, 0.3) is 0 Å². The highest BCUT2D eigenvalue weighted by Gasteiger charge is 2.58. The highest BCUT2D eigenvalue weighted by Crippen LogP contribution is 2.66. The number of phosphoric ester groups is 1. The number of rotatable bonds is 8. The fraction of sp³-hybridized carbons (Fsp3) is 0.500. The second kappa shape index (κ2) is 9.53. The summed E-state index contributed by atoms with van der Waals surface area (Å²) < 4.78 is 80.9. The normalized spacial score (nSPS) is 30.9. The molecule has 180 valence electrons. The summed E-state index contributed by atoms with van der Waals surface area (Å²) in [6.45, 7) is -3.81. The van der Waals surface area contributed by atoms with Gasteiger partial charge in [-0.05, 0) is 17.5 Å². The van der Waals surface area contributed by atoms with Gasteiger partial charge in [0.25, 0.3) is 0 Å². The molecule has 0 saturated carbocycles. The molecule has 1 aromatic rings. The molecule has 1 fully saturated rings. The summed E-state index contributed by atoms with van der Waals surface area (Å²) in [5.41, 5.74) is -5.99. The number of hydrogen-bond donors (Lipinski definition) is 6. The van der Waals surface area contributed by atoms with Gasteiger partial charge in [-0.25, -0.2) is 27.7 Å². The summed E-state index contributed by atoms with van der Waals surface area (Å²) in [6, 6.07) is 0. The second-order valence-corrected chi connectivity index (χ2v) is 10.1. The molecule has 0 bridgehead atoms. The molecule has 1 saturated heterocycles. The van der Waals surface area contributed by atoms with E-state index < -0.39 is 65.5 Å². The summed E-state index contributed by atoms with van der Waals surface area (Å²) in [5.74, 6) is 1.61. The van der Waals surface area contributed by atoms with E-state index in [9.17, 15) is 33.3 Å². The van der Waals surface area contributed by atoms with Crippen LogP contribution < -0.4 is 11.4 Å². The molecule has 22 heteroatoms. The van der Waals surface area contributed by atoms with E-state index in [1.807, 2.05) is 0 Å². The Balaban J connectivity index is 2.41. The monoisotopic (exact) mass is 547 g/mol. The van der Waals surface area contributed by atoms with Crippen molar-refractivity contribution >= 4 is 35.1 Å². The van der Waals surface area contributed by atoms with Crippen LogP contribution >= 0.6 is 35.1 Å². The summed E-state index contributed by atoms with van der Waals surface area (Å²) in [4.78, 5) is 63.5. The average molecular weight is 548 g/mol. The van der Waals surface area contributed by atoms with Crippen molar-refractivity contribution in [1.29, 1.82) is 0 Å². The molecule has 32 heavy (non-hydrogen) atoms. The third kappa shape index (κ3) is 6.62. The summed E-state index contributed by atoms with van der Waals surface area (Å²) >= 11 is 5.15. The Kier molecular flexibility index (Phi) is 7.11. The van der Waals surface area contributed by atoms with Gasteiger partial charge in [0.2, 0.25) is 5.67 Å². The number of nitrogens with zero attached hydrogens (tertiary/aromatic N) is 2. The Morgan fingerprint density at radius 2 is 1.94 bits per heavy atom. The van der Waals surface area contributed by atoms with Gasteiger partial charge in [0.15, 0.2) is 6.23 Å². The predicted octanol–water partition coefficient (Wildman–Crippen LogP) is -1.56.